The Morgan fingerprint density at radius 1 is 1.44 bits per heavy atom. The van der Waals surface area contributed by atoms with Crippen LogP contribution < -0.4 is 0 Å². The third-order valence-electron chi connectivity index (χ3n) is 3.42. The molecule has 16 heavy (non-hydrogen) atoms. The van der Waals surface area contributed by atoms with Crippen LogP contribution in [0.1, 0.15) is 37.0 Å². The first-order valence-corrected chi connectivity index (χ1v) is 6.75. The molecule has 0 bridgehead atoms. The number of carboxylic acid groups (broad SMARTS) is 1. The van der Waals surface area contributed by atoms with Gasteiger partial charge in [-0.25, -0.2) is 0 Å². The minimum absolute atomic E-state index is 0.149. The minimum Gasteiger partial charge on any atom is -0.481 e. The van der Waals surface area contributed by atoms with Crippen LogP contribution in [0.25, 0.3) is 0 Å². The van der Waals surface area contributed by atoms with Gasteiger partial charge >= 0.3 is 5.97 Å². The molecule has 4 heteroatoms. The van der Waals surface area contributed by atoms with Gasteiger partial charge in [-0.3, -0.25) is 9.78 Å². The van der Waals surface area contributed by atoms with E-state index in [9.17, 15) is 9.90 Å². The first-order chi connectivity index (χ1) is 7.77. The molecule has 2 unspecified atom stereocenters. The second kappa shape index (κ2) is 5.43. The SMILES string of the molecule is O=C(O)C1CCCCCC1Cc1cncs1. The number of hydrogen-bond donors (Lipinski definition) is 1. The van der Waals surface area contributed by atoms with Crippen LogP contribution >= 0.6 is 11.3 Å². The maximum Gasteiger partial charge on any atom is 0.306 e. The molecule has 1 aromatic rings. The van der Waals surface area contributed by atoms with Crippen molar-refractivity contribution < 1.29 is 9.90 Å². The van der Waals surface area contributed by atoms with Crippen LogP contribution in [0.15, 0.2) is 11.7 Å². The largest absolute Gasteiger partial charge is 0.481 e. The Kier molecular flexibility index (Phi) is 3.93. The van der Waals surface area contributed by atoms with E-state index in [1.807, 2.05) is 11.7 Å². The summed E-state index contributed by atoms with van der Waals surface area (Å²) in [5.41, 5.74) is 1.82. The highest BCUT2D eigenvalue weighted by molar-refractivity contribution is 7.09. The van der Waals surface area contributed by atoms with E-state index in [0.717, 1.165) is 25.7 Å². The molecule has 0 radical (unpaired) electrons. The number of hydrogen-bond acceptors (Lipinski definition) is 3. The molecule has 1 N–H and O–H groups in total. The highest BCUT2D eigenvalue weighted by Crippen LogP contribution is 2.32. The predicted molar refractivity (Wildman–Crippen MR) is 63.5 cm³/mol. The van der Waals surface area contributed by atoms with Crippen LogP contribution in [0.3, 0.4) is 0 Å². The van der Waals surface area contributed by atoms with Crippen LogP contribution in [0, 0.1) is 11.8 Å². The van der Waals surface area contributed by atoms with Gasteiger partial charge in [0.2, 0.25) is 0 Å². The number of thiazole rings is 1. The summed E-state index contributed by atoms with van der Waals surface area (Å²) < 4.78 is 0. The maximum atomic E-state index is 11.2. The fourth-order valence-electron chi connectivity index (χ4n) is 2.56. The van der Waals surface area contributed by atoms with Crippen LogP contribution in [-0.4, -0.2) is 16.1 Å². The second-order valence-corrected chi connectivity index (χ2v) is 5.49. The van der Waals surface area contributed by atoms with E-state index in [-0.39, 0.29) is 5.92 Å². The number of rotatable bonds is 3. The van der Waals surface area contributed by atoms with Gasteiger partial charge in [-0.15, -0.1) is 11.3 Å². The van der Waals surface area contributed by atoms with Crippen molar-refractivity contribution in [2.75, 3.05) is 0 Å². The van der Waals surface area contributed by atoms with Crippen molar-refractivity contribution in [3.8, 4) is 0 Å². The molecule has 1 aliphatic carbocycles. The average Bonchev–Trinajstić information content (AvgIpc) is 2.63. The van der Waals surface area contributed by atoms with Crippen LogP contribution in [0.5, 0.6) is 0 Å². The lowest BCUT2D eigenvalue weighted by Crippen LogP contribution is -2.24. The molecular formula is C12H17NO2S. The van der Waals surface area contributed by atoms with Crippen LogP contribution in [0.4, 0.5) is 0 Å². The fourth-order valence-corrected chi connectivity index (χ4v) is 3.24. The topological polar surface area (TPSA) is 50.2 Å². The summed E-state index contributed by atoms with van der Waals surface area (Å²) in [5, 5.41) is 9.25. The lowest BCUT2D eigenvalue weighted by Gasteiger charge is -2.20. The zero-order valence-electron chi connectivity index (χ0n) is 9.26. The highest BCUT2D eigenvalue weighted by Gasteiger charge is 2.29. The van der Waals surface area contributed by atoms with Gasteiger partial charge in [-0.05, 0) is 25.2 Å². The molecule has 0 aromatic carbocycles. The highest BCUT2D eigenvalue weighted by atomic mass is 32.1. The molecule has 2 rings (SSSR count). The normalized spacial score (nSPS) is 26.2. The molecule has 1 aromatic heterocycles. The van der Waals surface area contributed by atoms with Crippen molar-refractivity contribution in [1.82, 2.24) is 4.98 Å². The standard InChI is InChI=1S/C12H17NO2S/c14-12(15)11-5-3-1-2-4-9(11)6-10-7-13-8-16-10/h7-9,11H,1-6H2,(H,14,15). The Morgan fingerprint density at radius 2 is 2.25 bits per heavy atom. The Morgan fingerprint density at radius 3 is 2.94 bits per heavy atom. The van der Waals surface area contributed by atoms with Gasteiger partial charge < -0.3 is 5.11 Å². The van der Waals surface area contributed by atoms with Crippen molar-refractivity contribution in [2.45, 2.75) is 38.5 Å². The lowest BCUT2D eigenvalue weighted by molar-refractivity contribution is -0.143. The van der Waals surface area contributed by atoms with Crippen LogP contribution in [-0.2, 0) is 11.2 Å². The first kappa shape index (κ1) is 11.6. The summed E-state index contributed by atoms with van der Waals surface area (Å²) in [6.07, 6.45) is 8.08. The molecule has 1 fully saturated rings. The van der Waals surface area contributed by atoms with E-state index >= 15 is 0 Å². The smallest absolute Gasteiger partial charge is 0.306 e. The number of aliphatic carboxylic acids is 1. The Hall–Kier alpha value is -0.900. The fraction of sp³-hybridized carbons (Fsp3) is 0.667. The molecule has 0 amide bonds. The number of carboxylic acids is 1. The van der Waals surface area contributed by atoms with Gasteiger partial charge in [0, 0.05) is 11.1 Å². The number of aromatic nitrogens is 1. The van der Waals surface area contributed by atoms with E-state index in [2.05, 4.69) is 4.98 Å². The first-order valence-electron chi connectivity index (χ1n) is 5.87. The van der Waals surface area contributed by atoms with E-state index in [1.165, 1.54) is 17.7 Å². The minimum atomic E-state index is -0.614. The Labute approximate surface area is 99.5 Å². The summed E-state index contributed by atoms with van der Waals surface area (Å²) in [4.78, 5) is 16.5. The molecule has 2 atom stereocenters. The Balaban J connectivity index is 2.05. The summed E-state index contributed by atoms with van der Waals surface area (Å²) in [7, 11) is 0. The predicted octanol–water partition coefficient (Wildman–Crippen LogP) is 2.97. The van der Waals surface area contributed by atoms with Crippen molar-refractivity contribution in [2.24, 2.45) is 11.8 Å². The van der Waals surface area contributed by atoms with Gasteiger partial charge in [-0.1, -0.05) is 19.3 Å². The van der Waals surface area contributed by atoms with Gasteiger partial charge in [0.15, 0.2) is 0 Å². The van der Waals surface area contributed by atoms with Gasteiger partial charge in [0.25, 0.3) is 0 Å². The van der Waals surface area contributed by atoms with Gasteiger partial charge in [-0.2, -0.15) is 0 Å². The molecule has 3 nitrogen and oxygen atoms in total. The molecule has 1 saturated carbocycles. The quantitative estimate of drug-likeness (QED) is 0.825. The van der Waals surface area contributed by atoms with Crippen molar-refractivity contribution >= 4 is 17.3 Å². The van der Waals surface area contributed by atoms with E-state index in [4.69, 9.17) is 0 Å². The zero-order valence-corrected chi connectivity index (χ0v) is 10.1. The van der Waals surface area contributed by atoms with Crippen molar-refractivity contribution in [3.05, 3.63) is 16.6 Å². The van der Waals surface area contributed by atoms with E-state index in [0.29, 0.717) is 5.92 Å². The van der Waals surface area contributed by atoms with Crippen molar-refractivity contribution in [1.29, 1.82) is 0 Å². The number of carbonyl (C=O) groups is 1. The molecule has 0 saturated heterocycles. The summed E-state index contributed by atoms with van der Waals surface area (Å²) in [6, 6.07) is 0. The Bertz CT molecular complexity index is 337. The lowest BCUT2D eigenvalue weighted by atomic mass is 9.85. The summed E-state index contributed by atoms with van der Waals surface area (Å²) in [5.74, 6) is -0.457. The third kappa shape index (κ3) is 2.82. The maximum absolute atomic E-state index is 11.2. The van der Waals surface area contributed by atoms with Crippen LogP contribution in [0.2, 0.25) is 0 Å². The molecule has 1 heterocycles. The van der Waals surface area contributed by atoms with E-state index < -0.39 is 5.97 Å². The van der Waals surface area contributed by atoms with E-state index in [1.54, 1.807) is 11.3 Å². The monoisotopic (exact) mass is 239 g/mol. The third-order valence-corrected chi connectivity index (χ3v) is 4.23. The molecule has 88 valence electrons. The molecule has 0 aliphatic heterocycles. The average molecular weight is 239 g/mol. The zero-order chi connectivity index (χ0) is 11.4. The summed E-state index contributed by atoms with van der Waals surface area (Å²) in [6.45, 7) is 0. The second-order valence-electron chi connectivity index (χ2n) is 4.51. The van der Waals surface area contributed by atoms with Gasteiger partial charge in [0.05, 0.1) is 11.4 Å². The molecule has 1 aliphatic rings. The van der Waals surface area contributed by atoms with Gasteiger partial charge in [0.1, 0.15) is 0 Å². The molecular weight excluding hydrogens is 222 g/mol. The van der Waals surface area contributed by atoms with Crippen molar-refractivity contribution in [3.63, 3.8) is 0 Å². The molecule has 0 spiro atoms. The number of nitrogens with zero attached hydrogens (tertiary/aromatic N) is 1. The summed E-state index contributed by atoms with van der Waals surface area (Å²) >= 11 is 1.63.